The van der Waals surface area contributed by atoms with Gasteiger partial charge in [0.25, 0.3) is 0 Å². The summed E-state index contributed by atoms with van der Waals surface area (Å²) in [5.41, 5.74) is 0. The molecule has 5 nitrogen and oxygen atoms in total. The molecule has 0 amide bonds. The Morgan fingerprint density at radius 1 is 1.37 bits per heavy atom. The van der Waals surface area contributed by atoms with Crippen molar-refractivity contribution in [2.75, 3.05) is 18.9 Å². The largest absolute Gasteiger partial charge is 0.396 e. The molecule has 2 rings (SSSR count). The molecule has 0 aliphatic carbocycles. The highest BCUT2D eigenvalue weighted by molar-refractivity contribution is 7.99. The molecule has 0 bridgehead atoms. The van der Waals surface area contributed by atoms with Gasteiger partial charge in [-0.2, -0.15) is 0 Å². The van der Waals surface area contributed by atoms with Crippen LogP contribution in [0.2, 0.25) is 0 Å². The summed E-state index contributed by atoms with van der Waals surface area (Å²) in [4.78, 5) is 0. The first-order valence-electron chi connectivity index (χ1n) is 7.24. The fourth-order valence-corrected chi connectivity index (χ4v) is 3.51. The smallest absolute Gasteiger partial charge is 0.191 e. The lowest BCUT2D eigenvalue weighted by atomic mass is 10.2. The highest BCUT2D eigenvalue weighted by Crippen LogP contribution is 2.22. The zero-order valence-corrected chi connectivity index (χ0v) is 12.5. The summed E-state index contributed by atoms with van der Waals surface area (Å²) in [6.45, 7) is 4.31. The number of aryl methyl sites for hydroxylation is 1. The van der Waals surface area contributed by atoms with E-state index in [1.165, 1.54) is 19.3 Å². The molecule has 1 aromatic heterocycles. The molecule has 108 valence electrons. The van der Waals surface area contributed by atoms with E-state index in [1.54, 1.807) is 11.8 Å². The molecule has 0 radical (unpaired) electrons. The SMILES string of the molecule is CCNC(CCO)CSc1nnc2n1CCCCC2. The van der Waals surface area contributed by atoms with Gasteiger partial charge in [-0.25, -0.2) is 0 Å². The summed E-state index contributed by atoms with van der Waals surface area (Å²) in [7, 11) is 0. The number of hydrogen-bond donors (Lipinski definition) is 2. The predicted octanol–water partition coefficient (Wildman–Crippen LogP) is 1.46. The molecule has 0 spiro atoms. The molecular weight excluding hydrogens is 260 g/mol. The van der Waals surface area contributed by atoms with E-state index in [1.807, 2.05) is 0 Å². The van der Waals surface area contributed by atoms with Gasteiger partial charge in [0.15, 0.2) is 5.16 Å². The third-order valence-corrected chi connectivity index (χ3v) is 4.59. The Bertz CT molecular complexity index is 377. The van der Waals surface area contributed by atoms with Gasteiger partial charge in [0.1, 0.15) is 5.82 Å². The fraction of sp³-hybridized carbons (Fsp3) is 0.846. The maximum atomic E-state index is 9.07. The molecule has 0 aromatic carbocycles. The van der Waals surface area contributed by atoms with Crippen LogP contribution >= 0.6 is 11.8 Å². The molecule has 0 fully saturated rings. The summed E-state index contributed by atoms with van der Waals surface area (Å²) in [6.07, 6.45) is 5.60. The summed E-state index contributed by atoms with van der Waals surface area (Å²) in [5.74, 6) is 2.08. The van der Waals surface area contributed by atoms with Crippen LogP contribution in [0.1, 0.15) is 38.4 Å². The molecule has 0 saturated heterocycles. The summed E-state index contributed by atoms with van der Waals surface area (Å²) in [6, 6.07) is 0.346. The van der Waals surface area contributed by atoms with E-state index in [9.17, 15) is 0 Å². The first-order valence-corrected chi connectivity index (χ1v) is 8.22. The number of aliphatic hydroxyl groups is 1. The average molecular weight is 284 g/mol. The van der Waals surface area contributed by atoms with Gasteiger partial charge < -0.3 is 15.0 Å². The number of hydrogen-bond acceptors (Lipinski definition) is 5. The van der Waals surface area contributed by atoms with E-state index in [2.05, 4.69) is 27.0 Å². The number of thioether (sulfide) groups is 1. The minimum Gasteiger partial charge on any atom is -0.396 e. The minimum absolute atomic E-state index is 0.232. The van der Waals surface area contributed by atoms with Crippen molar-refractivity contribution in [3.8, 4) is 0 Å². The lowest BCUT2D eigenvalue weighted by Crippen LogP contribution is -2.32. The van der Waals surface area contributed by atoms with Gasteiger partial charge in [-0.3, -0.25) is 0 Å². The van der Waals surface area contributed by atoms with E-state index < -0.39 is 0 Å². The Kier molecular flexibility index (Phi) is 6.13. The highest BCUT2D eigenvalue weighted by atomic mass is 32.2. The van der Waals surface area contributed by atoms with Crippen LogP contribution in [0.4, 0.5) is 0 Å². The van der Waals surface area contributed by atoms with Crippen molar-refractivity contribution < 1.29 is 5.11 Å². The molecular formula is C13H24N4OS. The van der Waals surface area contributed by atoms with Crippen LogP contribution in [-0.2, 0) is 13.0 Å². The van der Waals surface area contributed by atoms with Crippen LogP contribution < -0.4 is 5.32 Å². The lowest BCUT2D eigenvalue weighted by molar-refractivity contribution is 0.271. The zero-order chi connectivity index (χ0) is 13.5. The van der Waals surface area contributed by atoms with Crippen molar-refractivity contribution in [1.82, 2.24) is 20.1 Å². The molecule has 0 saturated carbocycles. The van der Waals surface area contributed by atoms with Gasteiger partial charge in [0.2, 0.25) is 0 Å². The highest BCUT2D eigenvalue weighted by Gasteiger charge is 2.16. The Labute approximate surface area is 119 Å². The molecule has 1 aliphatic heterocycles. The van der Waals surface area contributed by atoms with E-state index in [0.717, 1.165) is 42.7 Å². The molecule has 1 aromatic rings. The van der Waals surface area contributed by atoms with Crippen molar-refractivity contribution in [2.24, 2.45) is 0 Å². The van der Waals surface area contributed by atoms with Crippen molar-refractivity contribution >= 4 is 11.8 Å². The maximum absolute atomic E-state index is 9.07. The Balaban J connectivity index is 1.93. The van der Waals surface area contributed by atoms with Crippen LogP contribution in [-0.4, -0.2) is 44.8 Å². The molecule has 1 aliphatic rings. The van der Waals surface area contributed by atoms with Gasteiger partial charge in [-0.15, -0.1) is 10.2 Å². The van der Waals surface area contributed by atoms with Crippen LogP contribution in [0.3, 0.4) is 0 Å². The van der Waals surface area contributed by atoms with Crippen LogP contribution in [0.25, 0.3) is 0 Å². The third-order valence-electron chi connectivity index (χ3n) is 3.46. The van der Waals surface area contributed by atoms with Crippen LogP contribution in [0, 0.1) is 0 Å². The monoisotopic (exact) mass is 284 g/mol. The number of aromatic nitrogens is 3. The molecule has 1 unspecified atom stereocenters. The van der Waals surface area contributed by atoms with Gasteiger partial charge in [0.05, 0.1) is 0 Å². The van der Waals surface area contributed by atoms with E-state index in [0.29, 0.717) is 6.04 Å². The number of nitrogens with zero attached hydrogens (tertiary/aromatic N) is 3. The normalized spacial score (nSPS) is 16.9. The first-order chi connectivity index (χ1) is 9.35. The topological polar surface area (TPSA) is 63.0 Å². The van der Waals surface area contributed by atoms with Crippen molar-refractivity contribution in [3.63, 3.8) is 0 Å². The summed E-state index contributed by atoms with van der Waals surface area (Å²) in [5, 5.41) is 22.1. The third kappa shape index (κ3) is 4.19. The van der Waals surface area contributed by atoms with Gasteiger partial charge in [-0.05, 0) is 25.8 Å². The first kappa shape index (κ1) is 14.8. The minimum atomic E-state index is 0.232. The number of fused-ring (bicyclic) bond motifs is 1. The second-order valence-electron chi connectivity index (χ2n) is 4.94. The number of aliphatic hydroxyl groups excluding tert-OH is 1. The quantitative estimate of drug-likeness (QED) is 0.742. The maximum Gasteiger partial charge on any atom is 0.191 e. The Morgan fingerprint density at radius 2 is 2.26 bits per heavy atom. The molecule has 2 N–H and O–H groups in total. The van der Waals surface area contributed by atoms with Gasteiger partial charge in [0, 0.05) is 31.4 Å². The van der Waals surface area contributed by atoms with E-state index in [-0.39, 0.29) is 6.61 Å². The van der Waals surface area contributed by atoms with Gasteiger partial charge >= 0.3 is 0 Å². The fourth-order valence-electron chi connectivity index (χ4n) is 2.43. The summed E-state index contributed by atoms with van der Waals surface area (Å²) >= 11 is 1.75. The summed E-state index contributed by atoms with van der Waals surface area (Å²) < 4.78 is 2.28. The van der Waals surface area contributed by atoms with E-state index >= 15 is 0 Å². The number of rotatable bonds is 7. The molecule has 2 heterocycles. The Hall–Kier alpha value is -0.590. The van der Waals surface area contributed by atoms with Crippen molar-refractivity contribution in [1.29, 1.82) is 0 Å². The second kappa shape index (κ2) is 7.87. The van der Waals surface area contributed by atoms with Crippen molar-refractivity contribution in [2.45, 2.75) is 56.8 Å². The lowest BCUT2D eigenvalue weighted by Gasteiger charge is -2.16. The average Bonchev–Trinajstić information content (AvgIpc) is 2.64. The standard InChI is InChI=1S/C13H24N4OS/c1-2-14-11(7-9-18)10-19-13-16-15-12-6-4-3-5-8-17(12)13/h11,14,18H,2-10H2,1H3. The predicted molar refractivity (Wildman–Crippen MR) is 77.5 cm³/mol. The van der Waals surface area contributed by atoms with Gasteiger partial charge in [-0.1, -0.05) is 25.1 Å². The molecule has 6 heteroatoms. The van der Waals surface area contributed by atoms with E-state index in [4.69, 9.17) is 5.11 Å². The molecule has 1 atom stereocenters. The zero-order valence-electron chi connectivity index (χ0n) is 11.6. The van der Waals surface area contributed by atoms with Crippen LogP contribution in [0.15, 0.2) is 5.16 Å². The van der Waals surface area contributed by atoms with Crippen molar-refractivity contribution in [3.05, 3.63) is 5.82 Å². The number of nitrogens with one attached hydrogen (secondary N) is 1. The van der Waals surface area contributed by atoms with Crippen LogP contribution in [0.5, 0.6) is 0 Å². The molecule has 19 heavy (non-hydrogen) atoms. The Morgan fingerprint density at radius 3 is 3.05 bits per heavy atom. The second-order valence-corrected chi connectivity index (χ2v) is 5.93.